The van der Waals surface area contributed by atoms with E-state index >= 15 is 0 Å². The number of aliphatic hydroxyl groups excluding tert-OH is 1. The van der Waals surface area contributed by atoms with Crippen LogP contribution in [0.2, 0.25) is 10.0 Å². The van der Waals surface area contributed by atoms with Crippen LogP contribution in [0.15, 0.2) is 6.07 Å². The fourth-order valence-corrected chi connectivity index (χ4v) is 1.76. The lowest BCUT2D eigenvalue weighted by atomic mass is 10.3. The number of rotatable bonds is 6. The Morgan fingerprint density at radius 1 is 1.25 bits per heavy atom. The van der Waals surface area contributed by atoms with Crippen LogP contribution in [0.25, 0.3) is 0 Å². The topological polar surface area (TPSA) is 57.2 Å². The number of hydrogen-bond donors (Lipinski definition) is 3. The quantitative estimate of drug-likeness (QED) is 0.746. The number of alkyl halides is 3. The Balaban J connectivity index is 2.79. The molecule has 3 N–H and O–H groups in total. The number of nitrogens with zero attached hydrogens (tertiary/aromatic N) is 1. The van der Waals surface area contributed by atoms with Gasteiger partial charge in [0, 0.05) is 6.54 Å². The van der Waals surface area contributed by atoms with E-state index in [1.165, 1.54) is 6.07 Å². The van der Waals surface area contributed by atoms with Gasteiger partial charge in [0.05, 0.1) is 16.6 Å². The van der Waals surface area contributed by atoms with Crippen LogP contribution in [0.1, 0.15) is 13.3 Å². The largest absolute Gasteiger partial charge is 0.416 e. The maximum absolute atomic E-state index is 12.2. The van der Waals surface area contributed by atoms with Crippen LogP contribution in [-0.4, -0.2) is 35.5 Å². The van der Waals surface area contributed by atoms with E-state index in [9.17, 15) is 13.2 Å². The van der Waals surface area contributed by atoms with Gasteiger partial charge >= 0.3 is 6.18 Å². The van der Waals surface area contributed by atoms with E-state index in [4.69, 9.17) is 28.3 Å². The van der Waals surface area contributed by atoms with Crippen molar-refractivity contribution in [3.63, 3.8) is 0 Å². The summed E-state index contributed by atoms with van der Waals surface area (Å²) < 4.78 is 36.6. The molecule has 0 aliphatic rings. The van der Waals surface area contributed by atoms with Gasteiger partial charge < -0.3 is 15.7 Å². The summed E-state index contributed by atoms with van der Waals surface area (Å²) in [6, 6.07) is 1.37. The number of nitrogens with one attached hydrogen (secondary N) is 2. The minimum absolute atomic E-state index is 0.0259. The molecule has 0 amide bonds. The molecule has 0 aliphatic heterocycles. The average molecular weight is 332 g/mol. The van der Waals surface area contributed by atoms with Crippen LogP contribution >= 0.6 is 23.2 Å². The van der Waals surface area contributed by atoms with E-state index in [0.717, 1.165) is 6.42 Å². The third-order valence-electron chi connectivity index (χ3n) is 2.31. The van der Waals surface area contributed by atoms with Gasteiger partial charge in [0.25, 0.3) is 0 Å². The van der Waals surface area contributed by atoms with Crippen molar-refractivity contribution in [2.75, 3.05) is 23.7 Å². The maximum Gasteiger partial charge on any atom is 0.416 e. The van der Waals surface area contributed by atoms with Crippen molar-refractivity contribution >= 4 is 34.8 Å². The molecule has 114 valence electrons. The van der Waals surface area contributed by atoms with Crippen molar-refractivity contribution in [2.45, 2.75) is 25.6 Å². The molecule has 0 fully saturated rings. The van der Waals surface area contributed by atoms with Crippen molar-refractivity contribution in [2.24, 2.45) is 0 Å². The van der Waals surface area contributed by atoms with Gasteiger partial charge in [0.1, 0.15) is 11.6 Å². The molecule has 0 spiro atoms. The molecular formula is C11H14Cl2F3N3O. The first-order chi connectivity index (χ1) is 9.25. The number of aliphatic hydroxyl groups is 1. The minimum Gasteiger partial charge on any atom is -0.382 e. The van der Waals surface area contributed by atoms with Gasteiger partial charge in [-0.1, -0.05) is 30.1 Å². The summed E-state index contributed by atoms with van der Waals surface area (Å²) in [4.78, 5) is 4.00. The Bertz CT molecular complexity index is 457. The molecule has 9 heteroatoms. The predicted octanol–water partition coefficient (Wildman–Crippen LogP) is 3.55. The first kappa shape index (κ1) is 17.1. The summed E-state index contributed by atoms with van der Waals surface area (Å²) in [7, 11) is 0. The van der Waals surface area contributed by atoms with Gasteiger partial charge in [0.15, 0.2) is 6.10 Å². The second-order valence-corrected chi connectivity index (χ2v) is 4.83. The standard InChI is InChI=1S/C11H14Cl2F3N3O/c1-2-3-17-9-6(12)4-7(13)10(19-9)18-5-8(20)11(14,15)16/h4,8,20H,2-3,5H2,1H3,(H2,17,18,19). The molecule has 1 atom stereocenters. The summed E-state index contributed by atoms with van der Waals surface area (Å²) in [5.74, 6) is 0.347. The normalized spacial score (nSPS) is 13.2. The highest BCUT2D eigenvalue weighted by Gasteiger charge is 2.38. The zero-order valence-electron chi connectivity index (χ0n) is 10.6. The van der Waals surface area contributed by atoms with Crippen LogP contribution in [0, 0.1) is 0 Å². The first-order valence-corrected chi connectivity index (χ1v) is 6.59. The molecule has 0 aliphatic carbocycles. The Morgan fingerprint density at radius 2 is 1.80 bits per heavy atom. The van der Waals surface area contributed by atoms with Crippen LogP contribution < -0.4 is 10.6 Å². The Morgan fingerprint density at radius 3 is 2.30 bits per heavy atom. The van der Waals surface area contributed by atoms with E-state index < -0.39 is 18.8 Å². The molecule has 0 bridgehead atoms. The van der Waals surface area contributed by atoms with Gasteiger partial charge in [-0.2, -0.15) is 13.2 Å². The van der Waals surface area contributed by atoms with E-state index in [2.05, 4.69) is 15.6 Å². The summed E-state index contributed by atoms with van der Waals surface area (Å²) in [5, 5.41) is 14.5. The van der Waals surface area contributed by atoms with Crippen LogP contribution in [0.4, 0.5) is 24.8 Å². The van der Waals surface area contributed by atoms with Crippen molar-refractivity contribution in [1.82, 2.24) is 4.98 Å². The number of anilines is 2. The van der Waals surface area contributed by atoms with Gasteiger partial charge in [-0.25, -0.2) is 4.98 Å². The Labute approximate surface area is 124 Å². The molecule has 1 aromatic rings. The number of pyridine rings is 1. The molecule has 0 saturated heterocycles. The smallest absolute Gasteiger partial charge is 0.382 e. The van der Waals surface area contributed by atoms with E-state index in [0.29, 0.717) is 12.4 Å². The molecule has 0 aromatic carbocycles. The molecule has 0 radical (unpaired) electrons. The van der Waals surface area contributed by atoms with E-state index in [1.807, 2.05) is 6.92 Å². The van der Waals surface area contributed by atoms with Crippen molar-refractivity contribution in [3.05, 3.63) is 16.1 Å². The predicted molar refractivity (Wildman–Crippen MR) is 73.6 cm³/mol. The summed E-state index contributed by atoms with van der Waals surface area (Å²) >= 11 is 11.7. The lowest BCUT2D eigenvalue weighted by molar-refractivity contribution is -0.198. The van der Waals surface area contributed by atoms with Crippen LogP contribution in [0.3, 0.4) is 0 Å². The van der Waals surface area contributed by atoms with Crippen LogP contribution in [-0.2, 0) is 0 Å². The molecule has 0 saturated carbocycles. The zero-order chi connectivity index (χ0) is 15.3. The fourth-order valence-electron chi connectivity index (χ4n) is 1.27. The zero-order valence-corrected chi connectivity index (χ0v) is 12.1. The second-order valence-electron chi connectivity index (χ2n) is 4.01. The highest BCUT2D eigenvalue weighted by atomic mass is 35.5. The molecule has 20 heavy (non-hydrogen) atoms. The summed E-state index contributed by atoms with van der Waals surface area (Å²) in [6.07, 6.45) is -6.37. The van der Waals surface area contributed by atoms with Gasteiger partial charge in [0.2, 0.25) is 0 Å². The molecule has 1 rings (SSSR count). The molecular weight excluding hydrogens is 318 g/mol. The average Bonchev–Trinajstić information content (AvgIpc) is 2.35. The highest BCUT2D eigenvalue weighted by Crippen LogP contribution is 2.29. The molecule has 1 aromatic heterocycles. The minimum atomic E-state index is -4.70. The van der Waals surface area contributed by atoms with Crippen LogP contribution in [0.5, 0.6) is 0 Å². The summed E-state index contributed by atoms with van der Waals surface area (Å²) in [6.45, 7) is 1.81. The van der Waals surface area contributed by atoms with E-state index in [1.54, 1.807) is 0 Å². The number of halogens is 5. The molecule has 1 heterocycles. The Hall–Kier alpha value is -0.920. The highest BCUT2D eigenvalue weighted by molar-refractivity contribution is 6.37. The third kappa shape index (κ3) is 4.88. The third-order valence-corrected chi connectivity index (χ3v) is 2.89. The van der Waals surface area contributed by atoms with Gasteiger partial charge in [-0.05, 0) is 12.5 Å². The van der Waals surface area contributed by atoms with E-state index in [-0.39, 0.29) is 15.9 Å². The molecule has 1 unspecified atom stereocenters. The van der Waals surface area contributed by atoms with Gasteiger partial charge in [-0.15, -0.1) is 0 Å². The number of hydrogen-bond acceptors (Lipinski definition) is 4. The summed E-state index contributed by atoms with van der Waals surface area (Å²) in [5.41, 5.74) is 0. The maximum atomic E-state index is 12.2. The SMILES string of the molecule is CCCNc1nc(NCC(O)C(F)(F)F)c(Cl)cc1Cl. The van der Waals surface area contributed by atoms with Crippen molar-refractivity contribution in [1.29, 1.82) is 0 Å². The molecule has 4 nitrogen and oxygen atoms in total. The monoisotopic (exact) mass is 331 g/mol. The van der Waals surface area contributed by atoms with Crippen molar-refractivity contribution in [3.8, 4) is 0 Å². The first-order valence-electron chi connectivity index (χ1n) is 5.84. The number of aromatic nitrogens is 1. The van der Waals surface area contributed by atoms with Gasteiger partial charge in [-0.3, -0.25) is 0 Å². The fraction of sp³-hybridized carbons (Fsp3) is 0.545. The second kappa shape index (κ2) is 7.19. The Kier molecular flexibility index (Phi) is 6.16. The lowest BCUT2D eigenvalue weighted by Gasteiger charge is -2.17. The van der Waals surface area contributed by atoms with Crippen molar-refractivity contribution < 1.29 is 18.3 Å². The lowest BCUT2D eigenvalue weighted by Crippen LogP contribution is -2.35.